The quantitative estimate of drug-likeness (QED) is 0.756. The first-order valence-corrected chi connectivity index (χ1v) is 6.28. The molecule has 0 N–H and O–H groups in total. The minimum absolute atomic E-state index is 0.0346. The molecule has 19 heavy (non-hydrogen) atoms. The van der Waals surface area contributed by atoms with Crippen LogP contribution >= 0.6 is 0 Å². The second kappa shape index (κ2) is 6.22. The largest absolute Gasteiger partial charge is 0.497 e. The van der Waals surface area contributed by atoms with Gasteiger partial charge in [0.1, 0.15) is 11.5 Å². The monoisotopic (exact) mass is 263 g/mol. The maximum absolute atomic E-state index is 11.8. The first-order valence-electron chi connectivity index (χ1n) is 6.28. The molecule has 0 aliphatic carbocycles. The maximum Gasteiger partial charge on any atom is 0.260 e. The van der Waals surface area contributed by atoms with Crippen LogP contribution in [0.15, 0.2) is 18.2 Å². The summed E-state index contributed by atoms with van der Waals surface area (Å²) < 4.78 is 10.5. The first-order chi connectivity index (χ1) is 9.24. The summed E-state index contributed by atoms with van der Waals surface area (Å²) in [7, 11) is 1.53. The van der Waals surface area contributed by atoms with Crippen LogP contribution in [0.2, 0.25) is 0 Å². The summed E-state index contributed by atoms with van der Waals surface area (Å²) >= 11 is 0. The van der Waals surface area contributed by atoms with Gasteiger partial charge in [-0.15, -0.1) is 0 Å². The minimum Gasteiger partial charge on any atom is -0.497 e. The molecule has 2 rings (SSSR count). The van der Waals surface area contributed by atoms with Crippen molar-refractivity contribution in [2.75, 3.05) is 26.8 Å². The normalized spacial score (nSPS) is 14.3. The Hall–Kier alpha value is -2.04. The lowest BCUT2D eigenvalue weighted by molar-refractivity contribution is -0.132. The first kappa shape index (κ1) is 13.4. The zero-order valence-electron chi connectivity index (χ0n) is 10.9. The number of rotatable bonds is 5. The van der Waals surface area contributed by atoms with Gasteiger partial charge in [0.2, 0.25) is 0 Å². The molecule has 1 amide bonds. The lowest BCUT2D eigenvalue weighted by Crippen LogP contribution is -2.32. The molecule has 5 nitrogen and oxygen atoms in total. The minimum atomic E-state index is -0.0369. The number of nitrogens with zero attached hydrogens (tertiary/aromatic N) is 1. The van der Waals surface area contributed by atoms with Crippen LogP contribution in [0.25, 0.3) is 0 Å². The predicted octanol–water partition coefficient (Wildman–Crippen LogP) is 1.51. The van der Waals surface area contributed by atoms with E-state index in [1.807, 2.05) is 0 Å². The molecule has 1 fully saturated rings. The highest BCUT2D eigenvalue weighted by atomic mass is 16.5. The third-order valence-electron chi connectivity index (χ3n) is 3.15. The van der Waals surface area contributed by atoms with Gasteiger partial charge in [-0.25, -0.2) is 0 Å². The fourth-order valence-electron chi connectivity index (χ4n) is 2.07. The van der Waals surface area contributed by atoms with E-state index in [0.717, 1.165) is 25.9 Å². The molecule has 0 atom stereocenters. The number of aldehydes is 1. The van der Waals surface area contributed by atoms with E-state index in [1.54, 1.807) is 23.1 Å². The summed E-state index contributed by atoms with van der Waals surface area (Å²) in [5.41, 5.74) is 0.383. The lowest BCUT2D eigenvalue weighted by Gasteiger charge is -2.16. The van der Waals surface area contributed by atoms with Crippen LogP contribution in [0.1, 0.15) is 23.2 Å². The van der Waals surface area contributed by atoms with E-state index >= 15 is 0 Å². The van der Waals surface area contributed by atoms with E-state index in [9.17, 15) is 9.59 Å². The number of ether oxygens (including phenoxy) is 2. The Labute approximate surface area is 112 Å². The van der Waals surface area contributed by atoms with E-state index in [-0.39, 0.29) is 12.5 Å². The van der Waals surface area contributed by atoms with Crippen molar-refractivity contribution in [3.8, 4) is 11.5 Å². The molecule has 1 heterocycles. The molecule has 0 spiro atoms. The summed E-state index contributed by atoms with van der Waals surface area (Å²) in [4.78, 5) is 24.6. The van der Waals surface area contributed by atoms with Crippen LogP contribution in [0.3, 0.4) is 0 Å². The molecule has 1 aliphatic rings. The van der Waals surface area contributed by atoms with Crippen LogP contribution in [0, 0.1) is 0 Å². The fourth-order valence-corrected chi connectivity index (χ4v) is 2.07. The van der Waals surface area contributed by atoms with Gasteiger partial charge in [-0.2, -0.15) is 0 Å². The van der Waals surface area contributed by atoms with Crippen LogP contribution in [-0.4, -0.2) is 43.9 Å². The standard InChI is InChI=1S/C14H17NO4/c1-18-12-4-5-13(11(8-12)9-16)19-10-14(17)15-6-2-3-7-15/h4-5,8-9H,2-3,6-7,10H2,1H3. The summed E-state index contributed by atoms with van der Waals surface area (Å²) in [6.07, 6.45) is 2.79. The summed E-state index contributed by atoms with van der Waals surface area (Å²) in [6, 6.07) is 4.92. The van der Waals surface area contributed by atoms with Gasteiger partial charge in [0, 0.05) is 13.1 Å². The molecular formula is C14H17NO4. The van der Waals surface area contributed by atoms with Crippen molar-refractivity contribution in [1.29, 1.82) is 0 Å². The van der Waals surface area contributed by atoms with Crippen molar-refractivity contribution in [3.63, 3.8) is 0 Å². The van der Waals surface area contributed by atoms with Crippen molar-refractivity contribution >= 4 is 12.2 Å². The number of amides is 1. The number of carbonyl (C=O) groups excluding carboxylic acids is 2. The van der Waals surface area contributed by atoms with Gasteiger partial charge in [0.25, 0.3) is 5.91 Å². The molecule has 0 aromatic heterocycles. The molecule has 5 heteroatoms. The summed E-state index contributed by atoms with van der Waals surface area (Å²) in [6.45, 7) is 1.56. The Morgan fingerprint density at radius 2 is 2.11 bits per heavy atom. The smallest absolute Gasteiger partial charge is 0.260 e. The van der Waals surface area contributed by atoms with Crippen molar-refractivity contribution in [2.24, 2.45) is 0 Å². The SMILES string of the molecule is COc1ccc(OCC(=O)N2CCCC2)c(C=O)c1. The van der Waals surface area contributed by atoms with Crippen molar-refractivity contribution in [2.45, 2.75) is 12.8 Å². The predicted molar refractivity (Wildman–Crippen MR) is 69.7 cm³/mol. The van der Waals surface area contributed by atoms with E-state index in [1.165, 1.54) is 7.11 Å². The Morgan fingerprint density at radius 3 is 2.74 bits per heavy atom. The molecule has 1 aromatic rings. The summed E-state index contributed by atoms with van der Waals surface area (Å²) in [5.74, 6) is 0.953. The Bertz CT molecular complexity index is 467. The highest BCUT2D eigenvalue weighted by Crippen LogP contribution is 2.22. The third-order valence-corrected chi connectivity index (χ3v) is 3.15. The number of hydrogen-bond donors (Lipinski definition) is 0. The third kappa shape index (κ3) is 3.24. The topological polar surface area (TPSA) is 55.8 Å². The molecule has 0 saturated carbocycles. The Morgan fingerprint density at radius 1 is 1.37 bits per heavy atom. The van der Waals surface area contributed by atoms with E-state index in [0.29, 0.717) is 23.3 Å². The highest BCUT2D eigenvalue weighted by molar-refractivity contribution is 5.81. The average molecular weight is 263 g/mol. The van der Waals surface area contributed by atoms with Crippen molar-refractivity contribution in [1.82, 2.24) is 4.90 Å². The molecule has 0 bridgehead atoms. The van der Waals surface area contributed by atoms with Gasteiger partial charge < -0.3 is 14.4 Å². The average Bonchev–Trinajstić information content (AvgIpc) is 2.98. The van der Waals surface area contributed by atoms with Crippen LogP contribution in [0.4, 0.5) is 0 Å². The van der Waals surface area contributed by atoms with Gasteiger partial charge >= 0.3 is 0 Å². The number of likely N-dealkylation sites (tertiary alicyclic amines) is 1. The van der Waals surface area contributed by atoms with Crippen LogP contribution in [0.5, 0.6) is 11.5 Å². The van der Waals surface area contributed by atoms with Gasteiger partial charge in [-0.1, -0.05) is 0 Å². The van der Waals surface area contributed by atoms with E-state index in [2.05, 4.69) is 0 Å². The molecular weight excluding hydrogens is 246 g/mol. The molecule has 102 valence electrons. The number of benzene rings is 1. The second-order valence-corrected chi connectivity index (χ2v) is 4.40. The molecule has 0 radical (unpaired) electrons. The molecule has 1 saturated heterocycles. The fraction of sp³-hybridized carbons (Fsp3) is 0.429. The van der Waals surface area contributed by atoms with Crippen LogP contribution in [-0.2, 0) is 4.79 Å². The van der Waals surface area contributed by atoms with E-state index in [4.69, 9.17) is 9.47 Å². The van der Waals surface area contributed by atoms with Crippen molar-refractivity contribution < 1.29 is 19.1 Å². The molecule has 1 aromatic carbocycles. The maximum atomic E-state index is 11.8. The number of hydrogen-bond acceptors (Lipinski definition) is 4. The Balaban J connectivity index is 1.98. The van der Waals surface area contributed by atoms with Gasteiger partial charge in [0.15, 0.2) is 12.9 Å². The lowest BCUT2D eigenvalue weighted by atomic mass is 10.2. The van der Waals surface area contributed by atoms with Crippen molar-refractivity contribution in [3.05, 3.63) is 23.8 Å². The second-order valence-electron chi connectivity index (χ2n) is 4.40. The zero-order valence-corrected chi connectivity index (χ0v) is 10.9. The van der Waals surface area contributed by atoms with Gasteiger partial charge in [-0.3, -0.25) is 9.59 Å². The number of methoxy groups -OCH3 is 1. The van der Waals surface area contributed by atoms with Crippen LogP contribution < -0.4 is 9.47 Å². The Kier molecular flexibility index (Phi) is 4.39. The molecule has 1 aliphatic heterocycles. The highest BCUT2D eigenvalue weighted by Gasteiger charge is 2.18. The number of carbonyl (C=O) groups is 2. The van der Waals surface area contributed by atoms with Gasteiger partial charge in [-0.05, 0) is 31.0 Å². The summed E-state index contributed by atoms with van der Waals surface area (Å²) in [5, 5.41) is 0. The van der Waals surface area contributed by atoms with Gasteiger partial charge in [0.05, 0.1) is 12.7 Å². The molecule has 0 unspecified atom stereocenters. The van der Waals surface area contributed by atoms with E-state index < -0.39 is 0 Å². The zero-order chi connectivity index (χ0) is 13.7.